The summed E-state index contributed by atoms with van der Waals surface area (Å²) < 4.78 is 0. The summed E-state index contributed by atoms with van der Waals surface area (Å²) in [4.78, 5) is 18.8. The largest absolute Gasteiger partial charge is 0.370 e. The third kappa shape index (κ3) is 3.27. The molecular weight excluding hydrogens is 274 g/mol. The molecule has 1 N–H and O–H groups in total. The predicted octanol–water partition coefficient (Wildman–Crippen LogP) is 2.92. The lowest BCUT2D eigenvalue weighted by molar-refractivity contribution is 0.0950. The second kappa shape index (κ2) is 6.60. The van der Waals surface area contributed by atoms with Crippen LogP contribution < -0.4 is 10.2 Å². The molecule has 0 unspecified atom stereocenters. The van der Waals surface area contributed by atoms with E-state index in [2.05, 4.69) is 28.2 Å². The third-order valence-electron chi connectivity index (χ3n) is 4.16. The minimum Gasteiger partial charge on any atom is -0.370 e. The maximum absolute atomic E-state index is 12.3. The highest BCUT2D eigenvalue weighted by molar-refractivity contribution is 5.94. The smallest absolute Gasteiger partial charge is 0.253 e. The Balaban J connectivity index is 1.67. The standard InChI is InChI=1S/C18H21N3O/c1-14-6-2-3-7-15(14)12-20-18(22)16-10-17(13-19-11-16)21-8-4-5-9-21/h2-3,6-7,10-11,13H,4-5,8-9,12H2,1H3,(H,20,22). The Bertz CT molecular complexity index is 663. The zero-order chi connectivity index (χ0) is 15.4. The molecular formula is C18H21N3O. The van der Waals surface area contributed by atoms with E-state index >= 15 is 0 Å². The van der Waals surface area contributed by atoms with Gasteiger partial charge >= 0.3 is 0 Å². The van der Waals surface area contributed by atoms with Crippen LogP contribution in [-0.4, -0.2) is 24.0 Å². The number of hydrogen-bond donors (Lipinski definition) is 1. The molecule has 0 aliphatic carbocycles. The van der Waals surface area contributed by atoms with Gasteiger partial charge in [0.15, 0.2) is 0 Å². The van der Waals surface area contributed by atoms with Crippen molar-refractivity contribution in [2.45, 2.75) is 26.3 Å². The van der Waals surface area contributed by atoms with Crippen molar-refractivity contribution >= 4 is 11.6 Å². The average molecular weight is 295 g/mol. The predicted molar refractivity (Wildman–Crippen MR) is 88.0 cm³/mol. The van der Waals surface area contributed by atoms with E-state index in [0.29, 0.717) is 12.1 Å². The lowest BCUT2D eigenvalue weighted by Crippen LogP contribution is -2.24. The SMILES string of the molecule is Cc1ccccc1CNC(=O)c1cncc(N2CCCC2)c1. The van der Waals surface area contributed by atoms with Gasteiger partial charge in [-0.3, -0.25) is 9.78 Å². The van der Waals surface area contributed by atoms with Gasteiger partial charge in [0.1, 0.15) is 0 Å². The molecule has 1 aliphatic rings. The Morgan fingerprint density at radius 1 is 1.23 bits per heavy atom. The molecule has 3 rings (SSSR count). The van der Waals surface area contributed by atoms with Crippen molar-refractivity contribution in [2.24, 2.45) is 0 Å². The third-order valence-corrected chi connectivity index (χ3v) is 4.16. The van der Waals surface area contributed by atoms with Crippen LogP contribution in [0.5, 0.6) is 0 Å². The second-order valence-corrected chi connectivity index (χ2v) is 5.74. The lowest BCUT2D eigenvalue weighted by Gasteiger charge is -2.17. The number of nitrogens with one attached hydrogen (secondary N) is 1. The quantitative estimate of drug-likeness (QED) is 0.943. The van der Waals surface area contributed by atoms with E-state index in [4.69, 9.17) is 0 Å². The molecule has 4 nitrogen and oxygen atoms in total. The highest BCUT2D eigenvalue weighted by Crippen LogP contribution is 2.20. The molecule has 0 saturated carbocycles. The molecule has 4 heteroatoms. The number of aromatic nitrogens is 1. The van der Waals surface area contributed by atoms with Gasteiger partial charge in [-0.2, -0.15) is 0 Å². The molecule has 0 bridgehead atoms. The highest BCUT2D eigenvalue weighted by atomic mass is 16.1. The van der Waals surface area contributed by atoms with Gasteiger partial charge in [0.2, 0.25) is 0 Å². The normalized spacial score (nSPS) is 14.1. The molecule has 1 aromatic heterocycles. The first-order valence-electron chi connectivity index (χ1n) is 7.77. The van der Waals surface area contributed by atoms with Crippen molar-refractivity contribution in [2.75, 3.05) is 18.0 Å². The van der Waals surface area contributed by atoms with Crippen LogP contribution in [-0.2, 0) is 6.54 Å². The van der Waals surface area contributed by atoms with E-state index < -0.39 is 0 Å². The summed E-state index contributed by atoms with van der Waals surface area (Å²) in [5.41, 5.74) is 3.99. The first-order valence-corrected chi connectivity index (χ1v) is 7.77. The molecule has 2 aromatic rings. The summed E-state index contributed by atoms with van der Waals surface area (Å²) in [6, 6.07) is 10.0. The van der Waals surface area contributed by atoms with E-state index in [-0.39, 0.29) is 5.91 Å². The van der Waals surface area contributed by atoms with Crippen LogP contribution in [0.15, 0.2) is 42.7 Å². The van der Waals surface area contributed by atoms with Gasteiger partial charge in [-0.05, 0) is 37.0 Å². The number of pyridine rings is 1. The molecule has 1 fully saturated rings. The van der Waals surface area contributed by atoms with Crippen LogP contribution >= 0.6 is 0 Å². The van der Waals surface area contributed by atoms with Gasteiger partial charge in [0.25, 0.3) is 5.91 Å². The van der Waals surface area contributed by atoms with E-state index in [9.17, 15) is 4.79 Å². The van der Waals surface area contributed by atoms with Gasteiger partial charge in [-0.1, -0.05) is 24.3 Å². The molecule has 0 radical (unpaired) electrons. The van der Waals surface area contributed by atoms with Crippen molar-refractivity contribution in [1.29, 1.82) is 0 Å². The molecule has 22 heavy (non-hydrogen) atoms. The Morgan fingerprint density at radius 2 is 2.00 bits per heavy atom. The number of nitrogens with zero attached hydrogens (tertiary/aromatic N) is 2. The number of benzene rings is 1. The van der Waals surface area contributed by atoms with Crippen molar-refractivity contribution in [3.8, 4) is 0 Å². The average Bonchev–Trinajstić information content (AvgIpc) is 3.08. The number of aryl methyl sites for hydroxylation is 1. The number of anilines is 1. The topological polar surface area (TPSA) is 45.2 Å². The molecule has 0 spiro atoms. The first-order chi connectivity index (χ1) is 10.7. The summed E-state index contributed by atoms with van der Waals surface area (Å²) in [5.74, 6) is -0.0724. The van der Waals surface area contributed by atoms with Gasteiger partial charge < -0.3 is 10.2 Å². The minimum atomic E-state index is -0.0724. The Hall–Kier alpha value is -2.36. The summed E-state index contributed by atoms with van der Waals surface area (Å²) >= 11 is 0. The van der Waals surface area contributed by atoms with E-state index in [1.807, 2.05) is 30.5 Å². The van der Waals surface area contributed by atoms with Crippen LogP contribution in [0.3, 0.4) is 0 Å². The van der Waals surface area contributed by atoms with Crippen LogP contribution in [0.4, 0.5) is 5.69 Å². The highest BCUT2D eigenvalue weighted by Gasteiger charge is 2.14. The van der Waals surface area contributed by atoms with Crippen LogP contribution in [0.25, 0.3) is 0 Å². The zero-order valence-electron chi connectivity index (χ0n) is 12.9. The van der Waals surface area contributed by atoms with Gasteiger partial charge in [0, 0.05) is 25.8 Å². The molecule has 0 atom stereocenters. The monoisotopic (exact) mass is 295 g/mol. The van der Waals surface area contributed by atoms with E-state index in [1.165, 1.54) is 18.4 Å². The van der Waals surface area contributed by atoms with Crippen molar-refractivity contribution in [1.82, 2.24) is 10.3 Å². The lowest BCUT2D eigenvalue weighted by atomic mass is 10.1. The van der Waals surface area contributed by atoms with Gasteiger partial charge in [0.05, 0.1) is 17.4 Å². The fraction of sp³-hybridized carbons (Fsp3) is 0.333. The maximum Gasteiger partial charge on any atom is 0.253 e. The summed E-state index contributed by atoms with van der Waals surface area (Å²) in [6.45, 7) is 4.70. The van der Waals surface area contributed by atoms with Gasteiger partial charge in [-0.15, -0.1) is 0 Å². The number of carbonyl (C=O) groups is 1. The van der Waals surface area contributed by atoms with E-state index in [0.717, 1.165) is 24.3 Å². The van der Waals surface area contributed by atoms with Crippen LogP contribution in [0.2, 0.25) is 0 Å². The number of hydrogen-bond acceptors (Lipinski definition) is 3. The summed E-state index contributed by atoms with van der Waals surface area (Å²) in [6.07, 6.45) is 5.89. The molecule has 114 valence electrons. The Kier molecular flexibility index (Phi) is 4.37. The molecule has 1 aliphatic heterocycles. The maximum atomic E-state index is 12.3. The second-order valence-electron chi connectivity index (χ2n) is 5.74. The van der Waals surface area contributed by atoms with Gasteiger partial charge in [-0.25, -0.2) is 0 Å². The van der Waals surface area contributed by atoms with Crippen LogP contribution in [0.1, 0.15) is 34.3 Å². The Labute approximate surface area is 131 Å². The zero-order valence-corrected chi connectivity index (χ0v) is 12.9. The number of amides is 1. The summed E-state index contributed by atoms with van der Waals surface area (Å²) in [7, 11) is 0. The number of rotatable bonds is 4. The molecule has 2 heterocycles. The minimum absolute atomic E-state index is 0.0724. The molecule has 1 saturated heterocycles. The Morgan fingerprint density at radius 3 is 2.77 bits per heavy atom. The molecule has 1 amide bonds. The fourth-order valence-corrected chi connectivity index (χ4v) is 2.79. The van der Waals surface area contributed by atoms with Crippen molar-refractivity contribution in [3.05, 3.63) is 59.4 Å². The van der Waals surface area contributed by atoms with Crippen LogP contribution in [0, 0.1) is 6.92 Å². The summed E-state index contributed by atoms with van der Waals surface area (Å²) in [5, 5.41) is 2.98. The number of carbonyl (C=O) groups excluding carboxylic acids is 1. The first kappa shape index (κ1) is 14.6. The van der Waals surface area contributed by atoms with E-state index in [1.54, 1.807) is 6.20 Å². The van der Waals surface area contributed by atoms with Crippen molar-refractivity contribution < 1.29 is 4.79 Å². The molecule has 1 aromatic carbocycles. The van der Waals surface area contributed by atoms with Crippen molar-refractivity contribution in [3.63, 3.8) is 0 Å². The fourth-order valence-electron chi connectivity index (χ4n) is 2.79.